The lowest BCUT2D eigenvalue weighted by molar-refractivity contribution is -0.141. The van der Waals surface area contributed by atoms with Crippen LogP contribution in [-0.2, 0) is 16.0 Å². The fourth-order valence-electron chi connectivity index (χ4n) is 2.18. The highest BCUT2D eigenvalue weighted by atomic mass is 16.4. The van der Waals surface area contributed by atoms with E-state index in [4.69, 9.17) is 5.11 Å². The van der Waals surface area contributed by atoms with Crippen LogP contribution < -0.4 is 5.32 Å². The molecule has 0 radical (unpaired) electrons. The first-order valence-electron chi connectivity index (χ1n) is 8.08. The van der Waals surface area contributed by atoms with Gasteiger partial charge >= 0.3 is 5.97 Å². The minimum atomic E-state index is -1.09. The van der Waals surface area contributed by atoms with Crippen LogP contribution in [-0.4, -0.2) is 28.8 Å². The molecule has 1 aromatic carbocycles. The van der Waals surface area contributed by atoms with Crippen LogP contribution in [0.5, 0.6) is 0 Å². The second-order valence-corrected chi connectivity index (χ2v) is 5.70. The van der Waals surface area contributed by atoms with Crippen molar-refractivity contribution in [3.8, 4) is 0 Å². The van der Waals surface area contributed by atoms with Crippen LogP contribution in [0.2, 0.25) is 0 Å². The first-order valence-corrected chi connectivity index (χ1v) is 8.08. The number of rotatable bonds is 10. The molecule has 126 valence electrons. The van der Waals surface area contributed by atoms with Gasteiger partial charge in [0, 0.05) is 18.4 Å². The summed E-state index contributed by atoms with van der Waals surface area (Å²) in [6, 6.07) is 6.55. The highest BCUT2D eigenvalue weighted by Crippen LogP contribution is 2.11. The highest BCUT2D eigenvalue weighted by molar-refractivity contribution is 5.98. The van der Waals surface area contributed by atoms with Crippen molar-refractivity contribution in [2.24, 2.45) is 0 Å². The molecule has 0 spiro atoms. The van der Waals surface area contributed by atoms with E-state index in [9.17, 15) is 14.4 Å². The van der Waals surface area contributed by atoms with Gasteiger partial charge in [0.05, 0.1) is 0 Å². The van der Waals surface area contributed by atoms with Gasteiger partial charge in [0.2, 0.25) is 5.91 Å². The van der Waals surface area contributed by atoms with Gasteiger partial charge in [-0.25, -0.2) is 0 Å². The number of carbonyl (C=O) groups excluding carboxylic acids is 2. The number of Topliss-reactive ketones (excluding diaryl/α,β-unsaturated/α-hetero) is 1. The van der Waals surface area contributed by atoms with Crippen LogP contribution in [0.25, 0.3) is 0 Å². The van der Waals surface area contributed by atoms with E-state index in [0.717, 1.165) is 12.8 Å². The SMILES string of the molecule is CCCCCc1ccc(C(=O)CCC(=O)N[C@@H](C)C(=O)O)cc1. The Balaban J connectivity index is 2.42. The van der Waals surface area contributed by atoms with Crippen molar-refractivity contribution in [3.05, 3.63) is 35.4 Å². The number of hydrogen-bond acceptors (Lipinski definition) is 3. The zero-order chi connectivity index (χ0) is 17.2. The summed E-state index contributed by atoms with van der Waals surface area (Å²) >= 11 is 0. The van der Waals surface area contributed by atoms with E-state index in [1.807, 2.05) is 12.1 Å². The molecule has 0 aliphatic heterocycles. The summed E-state index contributed by atoms with van der Waals surface area (Å²) in [5.74, 6) is -1.63. The van der Waals surface area contributed by atoms with E-state index in [1.54, 1.807) is 12.1 Å². The molecule has 0 heterocycles. The minimum Gasteiger partial charge on any atom is -0.480 e. The van der Waals surface area contributed by atoms with Gasteiger partial charge in [-0.3, -0.25) is 14.4 Å². The molecule has 0 saturated carbocycles. The Morgan fingerprint density at radius 1 is 1.09 bits per heavy atom. The second-order valence-electron chi connectivity index (χ2n) is 5.70. The summed E-state index contributed by atoms with van der Waals surface area (Å²) in [7, 11) is 0. The molecule has 5 heteroatoms. The third kappa shape index (κ3) is 7.08. The van der Waals surface area contributed by atoms with Gasteiger partial charge in [0.15, 0.2) is 5.78 Å². The van der Waals surface area contributed by atoms with E-state index in [-0.39, 0.29) is 18.6 Å². The van der Waals surface area contributed by atoms with Gasteiger partial charge in [-0.1, -0.05) is 44.0 Å². The maximum atomic E-state index is 12.0. The van der Waals surface area contributed by atoms with Crippen molar-refractivity contribution in [2.75, 3.05) is 0 Å². The maximum Gasteiger partial charge on any atom is 0.325 e. The molecule has 1 aromatic rings. The number of unbranched alkanes of at least 4 members (excludes halogenated alkanes) is 2. The number of aryl methyl sites for hydroxylation is 1. The van der Waals surface area contributed by atoms with E-state index >= 15 is 0 Å². The van der Waals surface area contributed by atoms with E-state index < -0.39 is 17.9 Å². The summed E-state index contributed by atoms with van der Waals surface area (Å²) in [4.78, 5) is 34.3. The zero-order valence-electron chi connectivity index (χ0n) is 13.8. The van der Waals surface area contributed by atoms with Crippen LogP contribution in [0.4, 0.5) is 0 Å². The molecule has 0 fully saturated rings. The van der Waals surface area contributed by atoms with Crippen LogP contribution in [0.1, 0.15) is 61.9 Å². The summed E-state index contributed by atoms with van der Waals surface area (Å²) in [5.41, 5.74) is 1.80. The smallest absolute Gasteiger partial charge is 0.325 e. The molecule has 1 amide bonds. The molecule has 0 aliphatic carbocycles. The van der Waals surface area contributed by atoms with Gasteiger partial charge in [-0.15, -0.1) is 0 Å². The van der Waals surface area contributed by atoms with E-state index in [2.05, 4.69) is 12.2 Å². The molecule has 23 heavy (non-hydrogen) atoms. The molecule has 1 rings (SSSR count). The highest BCUT2D eigenvalue weighted by Gasteiger charge is 2.15. The van der Waals surface area contributed by atoms with Crippen LogP contribution in [0.15, 0.2) is 24.3 Å². The Labute approximate surface area is 137 Å². The Hall–Kier alpha value is -2.17. The Morgan fingerprint density at radius 2 is 1.74 bits per heavy atom. The monoisotopic (exact) mass is 319 g/mol. The molecule has 0 unspecified atom stereocenters. The van der Waals surface area contributed by atoms with Crippen molar-refractivity contribution in [1.29, 1.82) is 0 Å². The molecule has 5 nitrogen and oxygen atoms in total. The Kier molecular flexibility index (Phi) is 8.02. The number of carboxylic acid groups (broad SMARTS) is 1. The Bertz CT molecular complexity index is 536. The van der Waals surface area contributed by atoms with Gasteiger partial charge in [0.25, 0.3) is 0 Å². The fourth-order valence-corrected chi connectivity index (χ4v) is 2.18. The third-order valence-electron chi connectivity index (χ3n) is 3.67. The molecular weight excluding hydrogens is 294 g/mol. The number of carboxylic acids is 1. The predicted molar refractivity (Wildman–Crippen MR) is 88.5 cm³/mol. The summed E-state index contributed by atoms with van der Waals surface area (Å²) in [6.07, 6.45) is 4.61. The molecule has 2 N–H and O–H groups in total. The molecule has 0 aromatic heterocycles. The number of benzene rings is 1. The van der Waals surface area contributed by atoms with Crippen molar-refractivity contribution >= 4 is 17.7 Å². The van der Waals surface area contributed by atoms with Crippen LogP contribution >= 0.6 is 0 Å². The Morgan fingerprint density at radius 3 is 2.30 bits per heavy atom. The molecular formula is C18H25NO4. The van der Waals surface area contributed by atoms with Crippen molar-refractivity contribution in [3.63, 3.8) is 0 Å². The lowest BCUT2D eigenvalue weighted by atomic mass is 10.0. The third-order valence-corrected chi connectivity index (χ3v) is 3.67. The number of nitrogens with one attached hydrogen (secondary N) is 1. The number of ketones is 1. The molecule has 0 bridgehead atoms. The van der Waals surface area contributed by atoms with E-state index in [0.29, 0.717) is 5.56 Å². The minimum absolute atomic E-state index is 0.00525. The first-order chi connectivity index (χ1) is 10.9. The average Bonchev–Trinajstić information content (AvgIpc) is 2.53. The van der Waals surface area contributed by atoms with Gasteiger partial charge in [0.1, 0.15) is 6.04 Å². The number of amides is 1. The van der Waals surface area contributed by atoms with Gasteiger partial charge < -0.3 is 10.4 Å². The van der Waals surface area contributed by atoms with Crippen molar-refractivity contribution in [2.45, 2.75) is 58.4 Å². The summed E-state index contributed by atoms with van der Waals surface area (Å²) in [5, 5.41) is 11.0. The predicted octanol–water partition coefficient (Wildman–Crippen LogP) is 2.97. The van der Waals surface area contributed by atoms with E-state index in [1.165, 1.54) is 25.3 Å². The van der Waals surface area contributed by atoms with Crippen LogP contribution in [0.3, 0.4) is 0 Å². The quantitative estimate of drug-likeness (QED) is 0.513. The topological polar surface area (TPSA) is 83.5 Å². The summed E-state index contributed by atoms with van der Waals surface area (Å²) in [6.45, 7) is 3.55. The maximum absolute atomic E-state index is 12.0. The van der Waals surface area contributed by atoms with Gasteiger partial charge in [-0.2, -0.15) is 0 Å². The number of hydrogen-bond donors (Lipinski definition) is 2. The number of aliphatic carboxylic acids is 1. The molecule has 0 aliphatic rings. The average molecular weight is 319 g/mol. The first kappa shape index (κ1) is 18.9. The summed E-state index contributed by atoms with van der Waals surface area (Å²) < 4.78 is 0. The molecule has 0 saturated heterocycles. The van der Waals surface area contributed by atoms with Crippen LogP contribution in [0, 0.1) is 0 Å². The molecule has 1 atom stereocenters. The van der Waals surface area contributed by atoms with Crippen molar-refractivity contribution < 1.29 is 19.5 Å². The number of carbonyl (C=O) groups is 3. The lowest BCUT2D eigenvalue weighted by Gasteiger charge is -2.09. The van der Waals surface area contributed by atoms with Crippen molar-refractivity contribution in [1.82, 2.24) is 5.32 Å². The largest absolute Gasteiger partial charge is 0.480 e. The van der Waals surface area contributed by atoms with Gasteiger partial charge in [-0.05, 0) is 25.3 Å². The fraction of sp³-hybridized carbons (Fsp3) is 0.500. The zero-order valence-corrected chi connectivity index (χ0v) is 13.8. The lowest BCUT2D eigenvalue weighted by Crippen LogP contribution is -2.38. The standard InChI is InChI=1S/C18H25NO4/c1-3-4-5-6-14-7-9-15(10-8-14)16(20)11-12-17(21)19-13(2)18(22)23/h7-10,13H,3-6,11-12H2,1-2H3,(H,19,21)(H,22,23)/t13-/m0/s1. The normalized spacial score (nSPS) is 11.7. The second kappa shape index (κ2) is 9.77.